The summed E-state index contributed by atoms with van der Waals surface area (Å²) in [6.45, 7) is 0.204. The fraction of sp³-hybridized carbons (Fsp3) is 0.111. The van der Waals surface area contributed by atoms with E-state index >= 15 is 0 Å². The number of benzene rings is 2. The Morgan fingerprint density at radius 3 is 2.43 bits per heavy atom. The van der Waals surface area contributed by atoms with Crippen LogP contribution >= 0.6 is 0 Å². The maximum Gasteiger partial charge on any atom is 0.168 e. The van der Waals surface area contributed by atoms with Crippen molar-refractivity contribution in [3.05, 3.63) is 65.0 Å². The highest BCUT2D eigenvalue weighted by Crippen LogP contribution is 2.33. The second kappa shape index (κ2) is 7.63. The zero-order chi connectivity index (χ0) is 16.7. The van der Waals surface area contributed by atoms with E-state index in [1.165, 1.54) is 25.3 Å². The molecule has 0 saturated carbocycles. The number of nitrogens with zero attached hydrogens (tertiary/aromatic N) is 2. The third kappa shape index (κ3) is 4.09. The zero-order valence-corrected chi connectivity index (χ0v) is 12.4. The maximum atomic E-state index is 12.9. The average molecular weight is 308 g/mol. The SMILES string of the molecule is COc1cccc(C=C(C#N)C#N)c1OCc1ccc(F)cc1. The van der Waals surface area contributed by atoms with Crippen molar-refractivity contribution in [1.29, 1.82) is 10.5 Å². The molecule has 4 nitrogen and oxygen atoms in total. The predicted molar refractivity (Wildman–Crippen MR) is 82.9 cm³/mol. The van der Waals surface area contributed by atoms with Crippen LogP contribution in [0.1, 0.15) is 11.1 Å². The first-order valence-electron chi connectivity index (χ1n) is 6.74. The molecule has 0 aliphatic carbocycles. The van der Waals surface area contributed by atoms with Crippen molar-refractivity contribution in [3.63, 3.8) is 0 Å². The summed E-state index contributed by atoms with van der Waals surface area (Å²) in [7, 11) is 1.50. The molecule has 5 heteroatoms. The minimum absolute atomic E-state index is 0.0371. The molecule has 2 rings (SSSR count). The fourth-order valence-electron chi connectivity index (χ4n) is 1.94. The molecule has 0 unspecified atom stereocenters. The van der Waals surface area contributed by atoms with Crippen LogP contribution in [0.15, 0.2) is 48.0 Å². The van der Waals surface area contributed by atoms with E-state index in [0.717, 1.165) is 5.56 Å². The van der Waals surface area contributed by atoms with E-state index in [9.17, 15) is 4.39 Å². The van der Waals surface area contributed by atoms with Gasteiger partial charge in [0, 0.05) is 5.56 Å². The smallest absolute Gasteiger partial charge is 0.168 e. The van der Waals surface area contributed by atoms with Crippen molar-refractivity contribution in [2.75, 3.05) is 7.11 Å². The van der Waals surface area contributed by atoms with Crippen LogP contribution in [0.2, 0.25) is 0 Å². The van der Waals surface area contributed by atoms with E-state index in [0.29, 0.717) is 17.1 Å². The molecule has 0 amide bonds. The van der Waals surface area contributed by atoms with Gasteiger partial charge in [0.1, 0.15) is 30.1 Å². The second-order valence-corrected chi connectivity index (χ2v) is 4.58. The van der Waals surface area contributed by atoms with Crippen LogP contribution in [-0.4, -0.2) is 7.11 Å². The van der Waals surface area contributed by atoms with Crippen LogP contribution in [-0.2, 0) is 6.61 Å². The lowest BCUT2D eigenvalue weighted by Gasteiger charge is -2.13. The Morgan fingerprint density at radius 2 is 1.83 bits per heavy atom. The number of allylic oxidation sites excluding steroid dienone is 1. The lowest BCUT2D eigenvalue weighted by molar-refractivity contribution is 0.284. The first-order valence-corrected chi connectivity index (χ1v) is 6.74. The molecule has 114 valence electrons. The molecule has 0 saturated heterocycles. The van der Waals surface area contributed by atoms with Crippen LogP contribution in [0.5, 0.6) is 11.5 Å². The lowest BCUT2D eigenvalue weighted by atomic mass is 10.1. The van der Waals surface area contributed by atoms with Crippen LogP contribution in [0.25, 0.3) is 6.08 Å². The summed E-state index contributed by atoms with van der Waals surface area (Å²) >= 11 is 0. The molecule has 0 aromatic heterocycles. The monoisotopic (exact) mass is 308 g/mol. The van der Waals surface area contributed by atoms with Crippen LogP contribution in [0, 0.1) is 28.5 Å². The van der Waals surface area contributed by atoms with Gasteiger partial charge in [-0.05, 0) is 29.8 Å². The van der Waals surface area contributed by atoms with E-state index in [1.54, 1.807) is 42.5 Å². The molecule has 23 heavy (non-hydrogen) atoms. The van der Waals surface area contributed by atoms with Gasteiger partial charge in [-0.3, -0.25) is 0 Å². The summed E-state index contributed by atoms with van der Waals surface area (Å²) in [5, 5.41) is 17.8. The van der Waals surface area contributed by atoms with Crippen molar-refractivity contribution in [1.82, 2.24) is 0 Å². The average Bonchev–Trinajstić information content (AvgIpc) is 2.59. The Morgan fingerprint density at radius 1 is 1.13 bits per heavy atom. The van der Waals surface area contributed by atoms with Gasteiger partial charge in [0.15, 0.2) is 11.5 Å². The second-order valence-electron chi connectivity index (χ2n) is 4.58. The van der Waals surface area contributed by atoms with Crippen LogP contribution in [0.3, 0.4) is 0 Å². The number of methoxy groups -OCH3 is 1. The molecule has 0 aliphatic heterocycles. The molecule has 0 N–H and O–H groups in total. The highest BCUT2D eigenvalue weighted by atomic mass is 19.1. The molecule has 0 heterocycles. The summed E-state index contributed by atoms with van der Waals surface area (Å²) in [4.78, 5) is 0. The number of para-hydroxylation sites is 1. The Balaban J connectivity index is 2.32. The van der Waals surface area contributed by atoms with Gasteiger partial charge in [0.25, 0.3) is 0 Å². The number of hydrogen-bond donors (Lipinski definition) is 0. The van der Waals surface area contributed by atoms with Crippen LogP contribution in [0.4, 0.5) is 4.39 Å². The van der Waals surface area contributed by atoms with Crippen LogP contribution < -0.4 is 9.47 Å². The van der Waals surface area contributed by atoms with Gasteiger partial charge in [-0.2, -0.15) is 10.5 Å². The van der Waals surface area contributed by atoms with Crippen molar-refractivity contribution in [2.24, 2.45) is 0 Å². The minimum Gasteiger partial charge on any atom is -0.493 e. The number of hydrogen-bond acceptors (Lipinski definition) is 4. The molecule has 0 atom stereocenters. The number of ether oxygens (including phenoxy) is 2. The van der Waals surface area contributed by atoms with Gasteiger partial charge in [0.2, 0.25) is 0 Å². The van der Waals surface area contributed by atoms with E-state index in [4.69, 9.17) is 20.0 Å². The number of nitriles is 2. The Kier molecular flexibility index (Phi) is 5.33. The largest absolute Gasteiger partial charge is 0.493 e. The standard InChI is InChI=1S/C18H13FN2O2/c1-22-17-4-2-3-15(9-14(10-20)11-21)18(17)23-12-13-5-7-16(19)8-6-13/h2-9H,12H2,1H3. The van der Waals surface area contributed by atoms with E-state index in [-0.39, 0.29) is 18.0 Å². The van der Waals surface area contributed by atoms with E-state index in [1.807, 2.05) is 0 Å². The quantitative estimate of drug-likeness (QED) is 0.787. The van der Waals surface area contributed by atoms with Crippen molar-refractivity contribution >= 4 is 6.08 Å². The molecular formula is C18H13FN2O2. The predicted octanol–water partition coefficient (Wildman–Crippen LogP) is 3.84. The zero-order valence-electron chi connectivity index (χ0n) is 12.4. The Labute approximate surface area is 133 Å². The third-order valence-electron chi connectivity index (χ3n) is 3.07. The first kappa shape index (κ1) is 16.1. The Bertz CT molecular complexity index is 783. The topological polar surface area (TPSA) is 66.0 Å². The summed E-state index contributed by atoms with van der Waals surface area (Å²) in [5.41, 5.74) is 1.31. The lowest BCUT2D eigenvalue weighted by Crippen LogP contribution is -1.99. The Hall–Kier alpha value is -3.31. The van der Waals surface area contributed by atoms with Gasteiger partial charge in [0.05, 0.1) is 7.11 Å². The van der Waals surface area contributed by atoms with Crippen molar-refractivity contribution < 1.29 is 13.9 Å². The van der Waals surface area contributed by atoms with Crippen molar-refractivity contribution in [3.8, 4) is 23.6 Å². The summed E-state index contributed by atoms with van der Waals surface area (Å²) in [6, 6.07) is 14.7. The van der Waals surface area contributed by atoms with Gasteiger partial charge >= 0.3 is 0 Å². The van der Waals surface area contributed by atoms with E-state index < -0.39 is 0 Å². The molecule has 0 aliphatic rings. The number of halogens is 1. The van der Waals surface area contributed by atoms with Gasteiger partial charge in [-0.15, -0.1) is 0 Å². The summed E-state index contributed by atoms with van der Waals surface area (Å²) in [5.74, 6) is 0.584. The molecule has 0 radical (unpaired) electrons. The van der Waals surface area contributed by atoms with Gasteiger partial charge in [-0.1, -0.05) is 24.3 Å². The summed E-state index contributed by atoms with van der Waals surface area (Å²) < 4.78 is 24.0. The third-order valence-corrected chi connectivity index (χ3v) is 3.07. The van der Waals surface area contributed by atoms with E-state index in [2.05, 4.69) is 0 Å². The fourth-order valence-corrected chi connectivity index (χ4v) is 1.94. The van der Waals surface area contributed by atoms with Crippen molar-refractivity contribution in [2.45, 2.75) is 6.61 Å². The molecule has 2 aromatic carbocycles. The first-order chi connectivity index (χ1) is 11.2. The van der Waals surface area contributed by atoms with Gasteiger partial charge < -0.3 is 9.47 Å². The summed E-state index contributed by atoms with van der Waals surface area (Å²) in [6.07, 6.45) is 1.43. The maximum absolute atomic E-state index is 12.9. The van der Waals surface area contributed by atoms with Gasteiger partial charge in [-0.25, -0.2) is 4.39 Å². The normalized spacial score (nSPS) is 9.39. The molecule has 0 bridgehead atoms. The highest BCUT2D eigenvalue weighted by molar-refractivity contribution is 5.69. The molecular weight excluding hydrogens is 295 g/mol. The minimum atomic E-state index is -0.317. The molecule has 0 spiro atoms. The molecule has 0 fully saturated rings. The number of rotatable bonds is 5. The highest BCUT2D eigenvalue weighted by Gasteiger charge is 2.10. The molecule has 2 aromatic rings.